The van der Waals surface area contributed by atoms with Gasteiger partial charge in [0.1, 0.15) is 5.60 Å². The van der Waals surface area contributed by atoms with Crippen LogP contribution in [0.4, 0.5) is 0 Å². The third kappa shape index (κ3) is 2.18. The van der Waals surface area contributed by atoms with Gasteiger partial charge in [-0.05, 0) is 6.92 Å². The second kappa shape index (κ2) is 3.51. The standard InChI is InChI=1S/C4H8Cl2O2/c1-4(2-5,3-6)8-7/h7H,2-3H2,1H3. The third-order valence-electron chi connectivity index (χ3n) is 0.786. The summed E-state index contributed by atoms with van der Waals surface area (Å²) in [6.45, 7) is 1.62. The van der Waals surface area contributed by atoms with E-state index < -0.39 is 5.60 Å². The van der Waals surface area contributed by atoms with E-state index in [0.29, 0.717) is 0 Å². The second-order valence-corrected chi connectivity index (χ2v) is 2.34. The summed E-state index contributed by atoms with van der Waals surface area (Å²) in [5.41, 5.74) is -0.789. The molecule has 0 aliphatic carbocycles. The van der Waals surface area contributed by atoms with Gasteiger partial charge in [-0.3, -0.25) is 5.26 Å². The molecule has 8 heavy (non-hydrogen) atoms. The van der Waals surface area contributed by atoms with E-state index in [4.69, 9.17) is 28.5 Å². The fourth-order valence-electron chi connectivity index (χ4n) is 0.0845. The Balaban J connectivity index is 3.58. The Bertz CT molecular complexity index is 54.8. The lowest BCUT2D eigenvalue weighted by molar-refractivity contribution is -0.304. The first-order valence-corrected chi connectivity index (χ1v) is 3.20. The summed E-state index contributed by atoms with van der Waals surface area (Å²) < 4.78 is 0. The van der Waals surface area contributed by atoms with Gasteiger partial charge in [-0.25, -0.2) is 4.89 Å². The van der Waals surface area contributed by atoms with Crippen molar-refractivity contribution in [2.24, 2.45) is 0 Å². The average Bonchev–Trinajstić information content (AvgIpc) is 1.87. The average molecular weight is 159 g/mol. The van der Waals surface area contributed by atoms with Gasteiger partial charge in [0, 0.05) is 0 Å². The van der Waals surface area contributed by atoms with Gasteiger partial charge >= 0.3 is 0 Å². The van der Waals surface area contributed by atoms with E-state index >= 15 is 0 Å². The molecule has 0 saturated heterocycles. The third-order valence-corrected chi connectivity index (χ3v) is 1.92. The molecule has 4 heteroatoms. The maximum absolute atomic E-state index is 8.12. The fraction of sp³-hybridized carbons (Fsp3) is 1.00. The van der Waals surface area contributed by atoms with E-state index in [1.54, 1.807) is 6.92 Å². The molecule has 0 radical (unpaired) electrons. The number of hydrogen-bond acceptors (Lipinski definition) is 2. The zero-order valence-electron chi connectivity index (χ0n) is 4.53. The summed E-state index contributed by atoms with van der Waals surface area (Å²) in [6, 6.07) is 0. The molecule has 0 aromatic heterocycles. The van der Waals surface area contributed by atoms with Gasteiger partial charge < -0.3 is 0 Å². The Hall–Kier alpha value is 0.500. The van der Waals surface area contributed by atoms with Crippen LogP contribution in [0.25, 0.3) is 0 Å². The summed E-state index contributed by atoms with van der Waals surface area (Å²) >= 11 is 10.7. The monoisotopic (exact) mass is 158 g/mol. The van der Waals surface area contributed by atoms with Crippen molar-refractivity contribution in [2.75, 3.05) is 11.8 Å². The Labute approximate surface area is 58.3 Å². The topological polar surface area (TPSA) is 29.5 Å². The molecule has 0 saturated carbocycles. The van der Waals surface area contributed by atoms with Gasteiger partial charge in [-0.15, -0.1) is 23.2 Å². The normalized spacial score (nSPS) is 12.0. The molecule has 0 aromatic carbocycles. The Morgan fingerprint density at radius 1 is 1.50 bits per heavy atom. The van der Waals surface area contributed by atoms with Gasteiger partial charge in [0.2, 0.25) is 0 Å². The number of rotatable bonds is 3. The van der Waals surface area contributed by atoms with Crippen molar-refractivity contribution in [1.82, 2.24) is 0 Å². The van der Waals surface area contributed by atoms with Crippen LogP contribution in [0.15, 0.2) is 0 Å². The van der Waals surface area contributed by atoms with Gasteiger partial charge in [0.05, 0.1) is 11.8 Å². The molecule has 0 bridgehead atoms. The highest BCUT2D eigenvalue weighted by molar-refractivity contribution is 6.21. The highest BCUT2D eigenvalue weighted by Gasteiger charge is 2.22. The van der Waals surface area contributed by atoms with Crippen LogP contribution in [0.5, 0.6) is 0 Å². The van der Waals surface area contributed by atoms with Crippen LogP contribution < -0.4 is 0 Å². The lowest BCUT2D eigenvalue weighted by Gasteiger charge is -2.18. The zero-order valence-corrected chi connectivity index (χ0v) is 6.04. The molecular weight excluding hydrogens is 151 g/mol. The molecular formula is C4H8Cl2O2. The highest BCUT2D eigenvalue weighted by atomic mass is 35.5. The molecule has 0 spiro atoms. The second-order valence-electron chi connectivity index (χ2n) is 1.81. The van der Waals surface area contributed by atoms with E-state index in [-0.39, 0.29) is 11.8 Å². The minimum atomic E-state index is -0.789. The molecule has 0 heterocycles. The Kier molecular flexibility index (Phi) is 3.73. The number of hydrogen-bond donors (Lipinski definition) is 1. The van der Waals surface area contributed by atoms with Gasteiger partial charge in [0.25, 0.3) is 0 Å². The molecule has 0 aliphatic heterocycles. The van der Waals surface area contributed by atoms with E-state index in [0.717, 1.165) is 0 Å². The van der Waals surface area contributed by atoms with Crippen molar-refractivity contribution in [3.05, 3.63) is 0 Å². The summed E-state index contributed by atoms with van der Waals surface area (Å²) in [7, 11) is 0. The first-order valence-electron chi connectivity index (χ1n) is 2.13. The maximum atomic E-state index is 8.12. The molecule has 0 amide bonds. The highest BCUT2D eigenvalue weighted by Crippen LogP contribution is 2.12. The van der Waals surface area contributed by atoms with Crippen LogP contribution in [0.3, 0.4) is 0 Å². The van der Waals surface area contributed by atoms with E-state index in [1.807, 2.05) is 0 Å². The van der Waals surface area contributed by atoms with E-state index in [2.05, 4.69) is 4.89 Å². The Morgan fingerprint density at radius 3 is 1.88 bits per heavy atom. The molecule has 0 atom stereocenters. The van der Waals surface area contributed by atoms with Crippen molar-refractivity contribution in [2.45, 2.75) is 12.5 Å². The SMILES string of the molecule is CC(CCl)(CCl)OO. The van der Waals surface area contributed by atoms with Gasteiger partial charge in [-0.1, -0.05) is 0 Å². The lowest BCUT2D eigenvalue weighted by atomic mass is 10.2. The molecule has 1 N–H and O–H groups in total. The van der Waals surface area contributed by atoms with Gasteiger partial charge in [0.15, 0.2) is 0 Å². The summed E-state index contributed by atoms with van der Waals surface area (Å²) in [5, 5.41) is 8.12. The molecule has 2 nitrogen and oxygen atoms in total. The van der Waals surface area contributed by atoms with Crippen molar-refractivity contribution >= 4 is 23.2 Å². The van der Waals surface area contributed by atoms with Crippen LogP contribution in [0.2, 0.25) is 0 Å². The molecule has 0 unspecified atom stereocenters. The molecule has 50 valence electrons. The smallest absolute Gasteiger partial charge is 0.127 e. The minimum absolute atomic E-state index is 0.188. The summed E-state index contributed by atoms with van der Waals surface area (Å²) in [6.07, 6.45) is 0. The van der Waals surface area contributed by atoms with Crippen molar-refractivity contribution < 1.29 is 10.1 Å². The maximum Gasteiger partial charge on any atom is 0.127 e. The quantitative estimate of drug-likeness (QED) is 0.385. The van der Waals surface area contributed by atoms with Crippen LogP contribution in [0.1, 0.15) is 6.92 Å². The lowest BCUT2D eigenvalue weighted by Crippen LogP contribution is -2.31. The molecule has 0 rings (SSSR count). The Morgan fingerprint density at radius 2 is 1.88 bits per heavy atom. The fourth-order valence-corrected chi connectivity index (χ4v) is 0.468. The molecule has 0 fully saturated rings. The zero-order chi connectivity index (χ0) is 6.62. The van der Waals surface area contributed by atoms with Crippen molar-refractivity contribution in [1.29, 1.82) is 0 Å². The largest absolute Gasteiger partial charge is 0.251 e. The summed E-state index contributed by atoms with van der Waals surface area (Å²) in [5.74, 6) is 0.375. The van der Waals surface area contributed by atoms with Crippen LogP contribution in [0, 0.1) is 0 Å². The predicted octanol–water partition coefficient (Wildman–Crippen LogP) is 1.71. The first kappa shape index (κ1) is 8.50. The summed E-state index contributed by atoms with van der Waals surface area (Å²) in [4.78, 5) is 3.97. The van der Waals surface area contributed by atoms with Gasteiger partial charge in [-0.2, -0.15) is 0 Å². The number of alkyl halides is 2. The molecule has 0 aliphatic rings. The first-order chi connectivity index (χ1) is 3.68. The minimum Gasteiger partial charge on any atom is -0.251 e. The van der Waals surface area contributed by atoms with Crippen molar-refractivity contribution in [3.63, 3.8) is 0 Å². The molecule has 0 aromatic rings. The van der Waals surface area contributed by atoms with Crippen LogP contribution >= 0.6 is 23.2 Å². The van der Waals surface area contributed by atoms with Crippen LogP contribution in [-0.2, 0) is 4.89 Å². The van der Waals surface area contributed by atoms with E-state index in [1.165, 1.54) is 0 Å². The predicted molar refractivity (Wildman–Crippen MR) is 33.6 cm³/mol. The van der Waals surface area contributed by atoms with Crippen LogP contribution in [-0.4, -0.2) is 22.6 Å². The van der Waals surface area contributed by atoms with E-state index in [9.17, 15) is 0 Å². The number of halogens is 2. The van der Waals surface area contributed by atoms with Crippen molar-refractivity contribution in [3.8, 4) is 0 Å².